The zero-order valence-electron chi connectivity index (χ0n) is 6.00. The summed E-state index contributed by atoms with van der Waals surface area (Å²) < 4.78 is 5.37. The molecule has 1 rings (SSSR count). The summed E-state index contributed by atoms with van der Waals surface area (Å²) in [5, 5.41) is 8.73. The third kappa shape index (κ3) is 1.46. The Labute approximate surface area is 56.6 Å². The van der Waals surface area contributed by atoms with Gasteiger partial charge in [-0.2, -0.15) is 0 Å². The van der Waals surface area contributed by atoms with Crippen molar-refractivity contribution in [2.24, 2.45) is 5.92 Å². The lowest BCUT2D eigenvalue weighted by atomic mass is 9.92. The van der Waals surface area contributed by atoms with Crippen molar-refractivity contribution in [2.75, 3.05) is 6.61 Å². The van der Waals surface area contributed by atoms with Gasteiger partial charge in [0.1, 0.15) is 7.85 Å². The van der Waals surface area contributed by atoms with Crippen molar-refractivity contribution in [3.63, 3.8) is 0 Å². The SMILES string of the molecule is BC1C[C@H](C)[C@@H](CO)O1. The van der Waals surface area contributed by atoms with Crippen LogP contribution in [0.2, 0.25) is 0 Å². The molecule has 52 valence electrons. The smallest absolute Gasteiger partial charge is 0.139 e. The topological polar surface area (TPSA) is 29.5 Å². The van der Waals surface area contributed by atoms with E-state index in [0.717, 1.165) is 6.42 Å². The van der Waals surface area contributed by atoms with Gasteiger partial charge in [0.25, 0.3) is 0 Å². The molecule has 1 heterocycles. The van der Waals surface area contributed by atoms with E-state index >= 15 is 0 Å². The summed E-state index contributed by atoms with van der Waals surface area (Å²) in [7, 11) is 2.05. The van der Waals surface area contributed by atoms with Crippen molar-refractivity contribution in [3.05, 3.63) is 0 Å². The van der Waals surface area contributed by atoms with Crippen molar-refractivity contribution >= 4 is 7.85 Å². The van der Waals surface area contributed by atoms with E-state index in [1.165, 1.54) is 0 Å². The lowest BCUT2D eigenvalue weighted by molar-refractivity contribution is 0.0293. The fourth-order valence-electron chi connectivity index (χ4n) is 1.39. The molecule has 0 spiro atoms. The third-order valence-corrected chi connectivity index (χ3v) is 1.93. The van der Waals surface area contributed by atoms with Crippen molar-refractivity contribution in [2.45, 2.75) is 25.5 Å². The molecule has 0 radical (unpaired) electrons. The van der Waals surface area contributed by atoms with E-state index in [4.69, 9.17) is 9.84 Å². The zero-order valence-corrected chi connectivity index (χ0v) is 6.00. The van der Waals surface area contributed by atoms with Crippen LogP contribution in [0.15, 0.2) is 0 Å². The lowest BCUT2D eigenvalue weighted by Gasteiger charge is -2.09. The maximum absolute atomic E-state index is 8.73. The lowest BCUT2D eigenvalue weighted by Crippen LogP contribution is -2.18. The number of hydrogen-bond donors (Lipinski definition) is 1. The summed E-state index contributed by atoms with van der Waals surface area (Å²) in [6.45, 7) is 2.29. The summed E-state index contributed by atoms with van der Waals surface area (Å²) in [6.07, 6.45) is 1.19. The minimum atomic E-state index is 0.0972. The van der Waals surface area contributed by atoms with Gasteiger partial charge in [-0.05, 0) is 12.3 Å². The van der Waals surface area contributed by atoms with Gasteiger partial charge in [0.2, 0.25) is 0 Å². The van der Waals surface area contributed by atoms with Crippen LogP contribution in [-0.2, 0) is 4.74 Å². The Hall–Kier alpha value is -0.0151. The number of hydrogen-bond acceptors (Lipinski definition) is 2. The first-order valence-electron chi connectivity index (χ1n) is 3.50. The molecule has 1 saturated heterocycles. The van der Waals surface area contributed by atoms with E-state index in [1.807, 2.05) is 7.85 Å². The van der Waals surface area contributed by atoms with Gasteiger partial charge < -0.3 is 9.84 Å². The number of aliphatic hydroxyl groups is 1. The minimum absolute atomic E-state index is 0.0972. The fraction of sp³-hybridized carbons (Fsp3) is 1.00. The number of ether oxygens (including phenoxy) is 1. The minimum Gasteiger partial charge on any atom is -0.394 e. The molecule has 2 nitrogen and oxygen atoms in total. The summed E-state index contributed by atoms with van der Waals surface area (Å²) >= 11 is 0. The highest BCUT2D eigenvalue weighted by Crippen LogP contribution is 2.23. The first-order chi connectivity index (χ1) is 4.24. The molecule has 1 aliphatic heterocycles. The van der Waals surface area contributed by atoms with Gasteiger partial charge in [-0.25, -0.2) is 0 Å². The Bertz CT molecular complexity index is 97.1. The first-order valence-corrected chi connectivity index (χ1v) is 3.50. The molecule has 0 saturated carbocycles. The summed E-state index contributed by atoms with van der Waals surface area (Å²) in [5.41, 5.74) is 0. The van der Waals surface area contributed by atoms with Gasteiger partial charge in [-0.1, -0.05) is 6.92 Å². The standard InChI is InChI=1S/C6H13BO2/c1-4-2-6(7)9-5(4)3-8/h4-6,8H,2-3,7H2,1H3/t4-,5+,6?/m0/s1. The van der Waals surface area contributed by atoms with E-state index in [2.05, 4.69) is 6.92 Å². The average molecular weight is 128 g/mol. The molecule has 9 heavy (non-hydrogen) atoms. The third-order valence-electron chi connectivity index (χ3n) is 1.93. The van der Waals surface area contributed by atoms with Crippen LogP contribution in [0.3, 0.4) is 0 Å². The molecule has 0 aromatic carbocycles. The monoisotopic (exact) mass is 128 g/mol. The maximum Gasteiger partial charge on any atom is 0.139 e. The van der Waals surface area contributed by atoms with Crippen LogP contribution in [-0.4, -0.2) is 31.7 Å². The van der Waals surface area contributed by atoms with Crippen LogP contribution in [0, 0.1) is 5.92 Å². The highest BCUT2D eigenvalue weighted by atomic mass is 16.5. The summed E-state index contributed by atoms with van der Waals surface area (Å²) in [4.78, 5) is 0. The second-order valence-electron chi connectivity index (χ2n) is 2.88. The van der Waals surface area contributed by atoms with Crippen LogP contribution in [0.25, 0.3) is 0 Å². The number of aliphatic hydroxyl groups excluding tert-OH is 1. The molecule has 1 fully saturated rings. The molecule has 0 aromatic rings. The Morgan fingerprint density at radius 3 is 2.67 bits per heavy atom. The van der Waals surface area contributed by atoms with Gasteiger partial charge in [0, 0.05) is 6.00 Å². The molecule has 0 aliphatic carbocycles. The highest BCUT2D eigenvalue weighted by molar-refractivity contribution is 6.11. The number of rotatable bonds is 1. The Morgan fingerprint density at radius 2 is 2.44 bits per heavy atom. The Balaban J connectivity index is 2.38. The predicted octanol–water partition coefficient (Wildman–Crippen LogP) is -0.637. The first kappa shape index (κ1) is 7.10. The zero-order chi connectivity index (χ0) is 6.85. The molecule has 1 N–H and O–H groups in total. The quantitative estimate of drug-likeness (QED) is 0.476. The molecular weight excluding hydrogens is 115 g/mol. The highest BCUT2D eigenvalue weighted by Gasteiger charge is 2.28. The van der Waals surface area contributed by atoms with E-state index in [9.17, 15) is 0 Å². The average Bonchev–Trinajstić information content (AvgIpc) is 2.10. The van der Waals surface area contributed by atoms with Crippen molar-refractivity contribution < 1.29 is 9.84 Å². The molecule has 0 bridgehead atoms. The normalized spacial score (nSPS) is 43.6. The van der Waals surface area contributed by atoms with Crippen LogP contribution in [0.4, 0.5) is 0 Å². The Morgan fingerprint density at radius 1 is 1.78 bits per heavy atom. The Kier molecular flexibility index (Phi) is 2.14. The van der Waals surface area contributed by atoms with Crippen LogP contribution in [0.1, 0.15) is 13.3 Å². The van der Waals surface area contributed by atoms with E-state index in [0.29, 0.717) is 11.9 Å². The fourth-order valence-corrected chi connectivity index (χ4v) is 1.39. The second-order valence-corrected chi connectivity index (χ2v) is 2.88. The molecule has 0 aromatic heterocycles. The van der Waals surface area contributed by atoms with Gasteiger partial charge in [0.15, 0.2) is 0 Å². The molecule has 1 aliphatic rings. The maximum atomic E-state index is 8.73. The molecule has 3 heteroatoms. The van der Waals surface area contributed by atoms with Crippen LogP contribution in [0.5, 0.6) is 0 Å². The molecular formula is C6H13BO2. The van der Waals surface area contributed by atoms with Gasteiger partial charge >= 0.3 is 0 Å². The van der Waals surface area contributed by atoms with Gasteiger partial charge in [-0.3, -0.25) is 0 Å². The molecule has 3 atom stereocenters. The summed E-state index contributed by atoms with van der Waals surface area (Å²) in [5.74, 6) is 0.532. The van der Waals surface area contributed by atoms with E-state index in [1.54, 1.807) is 0 Å². The van der Waals surface area contributed by atoms with Crippen molar-refractivity contribution in [1.29, 1.82) is 0 Å². The van der Waals surface area contributed by atoms with Crippen molar-refractivity contribution in [3.8, 4) is 0 Å². The van der Waals surface area contributed by atoms with E-state index in [-0.39, 0.29) is 12.7 Å². The van der Waals surface area contributed by atoms with Crippen LogP contribution < -0.4 is 0 Å². The largest absolute Gasteiger partial charge is 0.394 e. The predicted molar refractivity (Wildman–Crippen MR) is 38.1 cm³/mol. The van der Waals surface area contributed by atoms with Crippen molar-refractivity contribution in [1.82, 2.24) is 0 Å². The van der Waals surface area contributed by atoms with E-state index < -0.39 is 0 Å². The van der Waals surface area contributed by atoms with Gasteiger partial charge in [-0.15, -0.1) is 0 Å². The van der Waals surface area contributed by atoms with Crippen LogP contribution >= 0.6 is 0 Å². The van der Waals surface area contributed by atoms with Gasteiger partial charge in [0.05, 0.1) is 12.7 Å². The molecule has 0 amide bonds. The summed E-state index contributed by atoms with van der Waals surface area (Å²) in [6, 6.07) is 0.345. The second kappa shape index (κ2) is 2.71. The molecule has 1 unspecified atom stereocenters.